The van der Waals surface area contributed by atoms with E-state index in [4.69, 9.17) is 4.74 Å². The number of hydrogen-bond acceptors (Lipinski definition) is 3. The molecular formula is C17H29FN2O. The number of rotatable bonds is 9. The Hall–Kier alpha value is -1.13. The molecule has 1 aromatic rings. The van der Waals surface area contributed by atoms with Crippen molar-refractivity contribution in [2.24, 2.45) is 0 Å². The maximum atomic E-state index is 14.5. The average Bonchev–Trinajstić information content (AvgIpc) is 2.46. The summed E-state index contributed by atoms with van der Waals surface area (Å²) in [5.41, 5.74) is 1.63. The Balaban J connectivity index is 2.89. The third-order valence-electron chi connectivity index (χ3n) is 3.64. The van der Waals surface area contributed by atoms with E-state index in [9.17, 15) is 4.39 Å². The first-order valence-electron chi connectivity index (χ1n) is 7.79. The third kappa shape index (κ3) is 5.29. The van der Waals surface area contributed by atoms with Crippen LogP contribution in [0.25, 0.3) is 0 Å². The normalized spacial score (nSPS) is 12.7. The van der Waals surface area contributed by atoms with Crippen LogP contribution in [0.3, 0.4) is 0 Å². The summed E-state index contributed by atoms with van der Waals surface area (Å²) in [6.07, 6.45) is 1.07. The highest BCUT2D eigenvalue weighted by Gasteiger charge is 2.16. The van der Waals surface area contributed by atoms with Gasteiger partial charge < -0.3 is 15.0 Å². The fourth-order valence-electron chi connectivity index (χ4n) is 2.35. The van der Waals surface area contributed by atoms with E-state index in [1.54, 1.807) is 13.2 Å². The van der Waals surface area contributed by atoms with Crippen LogP contribution in [0.4, 0.5) is 10.1 Å². The van der Waals surface area contributed by atoms with Gasteiger partial charge in [0.15, 0.2) is 0 Å². The van der Waals surface area contributed by atoms with Crippen molar-refractivity contribution in [2.45, 2.75) is 46.2 Å². The lowest BCUT2D eigenvalue weighted by molar-refractivity contribution is 0.203. The Bertz CT molecular complexity index is 423. The van der Waals surface area contributed by atoms with Gasteiger partial charge in [0.1, 0.15) is 5.82 Å². The van der Waals surface area contributed by atoms with E-state index in [2.05, 4.69) is 33.0 Å². The highest BCUT2D eigenvalue weighted by atomic mass is 19.1. The zero-order chi connectivity index (χ0) is 15.8. The summed E-state index contributed by atoms with van der Waals surface area (Å²) in [6.45, 7) is 10.5. The summed E-state index contributed by atoms with van der Waals surface area (Å²) >= 11 is 0. The first kappa shape index (κ1) is 17.9. The van der Waals surface area contributed by atoms with Gasteiger partial charge in [-0.3, -0.25) is 0 Å². The summed E-state index contributed by atoms with van der Waals surface area (Å²) in [5.74, 6) is -0.164. The predicted octanol–water partition coefficient (Wildman–Crippen LogP) is 3.75. The number of ether oxygens (including phenoxy) is 1. The van der Waals surface area contributed by atoms with E-state index in [0.29, 0.717) is 18.8 Å². The Morgan fingerprint density at radius 3 is 2.52 bits per heavy atom. The van der Waals surface area contributed by atoms with Crippen LogP contribution in [0.2, 0.25) is 0 Å². The molecule has 0 aliphatic rings. The van der Waals surface area contributed by atoms with Crippen LogP contribution in [-0.2, 0) is 4.74 Å². The molecule has 0 aromatic heterocycles. The molecule has 0 aliphatic heterocycles. The van der Waals surface area contributed by atoms with E-state index < -0.39 is 0 Å². The fraction of sp³-hybridized carbons (Fsp3) is 0.647. The zero-order valence-corrected chi connectivity index (χ0v) is 13.9. The number of halogens is 1. The van der Waals surface area contributed by atoms with Crippen LogP contribution >= 0.6 is 0 Å². The van der Waals surface area contributed by atoms with E-state index >= 15 is 0 Å². The Kier molecular flexibility index (Phi) is 7.68. The minimum absolute atomic E-state index is 0.164. The second-order valence-electron chi connectivity index (χ2n) is 5.67. The summed E-state index contributed by atoms with van der Waals surface area (Å²) < 4.78 is 19.6. The van der Waals surface area contributed by atoms with Gasteiger partial charge in [0.2, 0.25) is 0 Å². The van der Waals surface area contributed by atoms with Crippen LogP contribution in [-0.4, -0.2) is 32.8 Å². The van der Waals surface area contributed by atoms with Crippen molar-refractivity contribution in [3.8, 4) is 0 Å². The lowest BCUT2D eigenvalue weighted by Gasteiger charge is -2.29. The van der Waals surface area contributed by atoms with Gasteiger partial charge in [-0.1, -0.05) is 13.0 Å². The number of nitrogens with zero attached hydrogens (tertiary/aromatic N) is 1. The molecule has 0 bridgehead atoms. The SMILES string of the molecule is CCCNC(C)c1ccc(N(CCOC)C(C)C)c(F)c1. The molecule has 0 saturated heterocycles. The van der Waals surface area contributed by atoms with E-state index in [0.717, 1.165) is 18.5 Å². The number of anilines is 1. The van der Waals surface area contributed by atoms with Crippen molar-refractivity contribution in [3.05, 3.63) is 29.6 Å². The fourth-order valence-corrected chi connectivity index (χ4v) is 2.35. The molecule has 1 N–H and O–H groups in total. The molecule has 0 fully saturated rings. The van der Waals surface area contributed by atoms with E-state index in [-0.39, 0.29) is 17.9 Å². The van der Waals surface area contributed by atoms with E-state index in [1.807, 2.05) is 17.0 Å². The highest BCUT2D eigenvalue weighted by Crippen LogP contribution is 2.25. The van der Waals surface area contributed by atoms with Gasteiger partial charge in [-0.25, -0.2) is 4.39 Å². The molecular weight excluding hydrogens is 267 g/mol. The van der Waals surface area contributed by atoms with E-state index in [1.165, 1.54) is 0 Å². The quantitative estimate of drug-likeness (QED) is 0.751. The van der Waals surface area contributed by atoms with Crippen LogP contribution in [0.5, 0.6) is 0 Å². The van der Waals surface area contributed by atoms with Gasteiger partial charge in [-0.05, 0) is 51.4 Å². The Morgan fingerprint density at radius 1 is 1.29 bits per heavy atom. The van der Waals surface area contributed by atoms with Gasteiger partial charge in [-0.15, -0.1) is 0 Å². The molecule has 0 saturated carbocycles. The number of nitrogens with one attached hydrogen (secondary N) is 1. The standard InChI is InChI=1S/C17H29FN2O/c1-6-9-19-14(4)15-7-8-17(16(18)12-15)20(13(2)3)10-11-21-5/h7-8,12-14,19H,6,9-11H2,1-5H3. The second kappa shape index (κ2) is 9.00. The topological polar surface area (TPSA) is 24.5 Å². The molecule has 0 spiro atoms. The summed E-state index contributed by atoms with van der Waals surface area (Å²) in [6, 6.07) is 5.93. The molecule has 0 heterocycles. The minimum atomic E-state index is -0.164. The van der Waals surface area contributed by atoms with Crippen molar-refractivity contribution in [2.75, 3.05) is 31.7 Å². The summed E-state index contributed by atoms with van der Waals surface area (Å²) in [4.78, 5) is 2.03. The monoisotopic (exact) mass is 296 g/mol. The van der Waals surface area contributed by atoms with Crippen molar-refractivity contribution < 1.29 is 9.13 Å². The molecule has 1 atom stereocenters. The molecule has 0 amide bonds. The number of hydrogen-bond donors (Lipinski definition) is 1. The molecule has 1 rings (SSSR count). The molecule has 0 radical (unpaired) electrons. The summed E-state index contributed by atoms with van der Waals surface area (Å²) in [7, 11) is 1.67. The smallest absolute Gasteiger partial charge is 0.146 e. The third-order valence-corrected chi connectivity index (χ3v) is 3.64. The molecule has 1 unspecified atom stereocenters. The Labute approximate surface area is 128 Å². The van der Waals surface area contributed by atoms with Gasteiger partial charge in [0, 0.05) is 25.7 Å². The lowest BCUT2D eigenvalue weighted by Crippen LogP contribution is -2.34. The first-order chi connectivity index (χ1) is 10.0. The van der Waals surface area contributed by atoms with Crippen LogP contribution in [0.1, 0.15) is 45.7 Å². The molecule has 4 heteroatoms. The van der Waals surface area contributed by atoms with Gasteiger partial charge >= 0.3 is 0 Å². The van der Waals surface area contributed by atoms with Crippen LogP contribution in [0, 0.1) is 5.82 Å². The molecule has 120 valence electrons. The minimum Gasteiger partial charge on any atom is -0.383 e. The molecule has 21 heavy (non-hydrogen) atoms. The average molecular weight is 296 g/mol. The molecule has 3 nitrogen and oxygen atoms in total. The van der Waals surface area contributed by atoms with Crippen molar-refractivity contribution in [1.82, 2.24) is 5.32 Å². The number of benzene rings is 1. The first-order valence-corrected chi connectivity index (χ1v) is 7.79. The van der Waals surface area contributed by atoms with Crippen molar-refractivity contribution >= 4 is 5.69 Å². The number of methoxy groups -OCH3 is 1. The second-order valence-corrected chi connectivity index (χ2v) is 5.67. The van der Waals surface area contributed by atoms with Crippen molar-refractivity contribution in [3.63, 3.8) is 0 Å². The molecule has 1 aromatic carbocycles. The van der Waals surface area contributed by atoms with Gasteiger partial charge in [-0.2, -0.15) is 0 Å². The van der Waals surface area contributed by atoms with Crippen LogP contribution < -0.4 is 10.2 Å². The predicted molar refractivity (Wildman–Crippen MR) is 87.5 cm³/mol. The lowest BCUT2D eigenvalue weighted by atomic mass is 10.1. The Morgan fingerprint density at radius 2 is 2.00 bits per heavy atom. The van der Waals surface area contributed by atoms with Gasteiger partial charge in [0.25, 0.3) is 0 Å². The van der Waals surface area contributed by atoms with Crippen LogP contribution in [0.15, 0.2) is 18.2 Å². The summed E-state index contributed by atoms with van der Waals surface area (Å²) in [5, 5.41) is 3.38. The highest BCUT2D eigenvalue weighted by molar-refractivity contribution is 5.50. The largest absolute Gasteiger partial charge is 0.383 e. The zero-order valence-electron chi connectivity index (χ0n) is 13.9. The maximum absolute atomic E-state index is 14.5. The van der Waals surface area contributed by atoms with Crippen molar-refractivity contribution in [1.29, 1.82) is 0 Å². The molecule has 0 aliphatic carbocycles. The van der Waals surface area contributed by atoms with Gasteiger partial charge in [0.05, 0.1) is 12.3 Å². The maximum Gasteiger partial charge on any atom is 0.146 e.